The lowest BCUT2D eigenvalue weighted by atomic mass is 10.4. The van der Waals surface area contributed by atoms with Crippen molar-refractivity contribution in [1.29, 1.82) is 5.26 Å². The van der Waals surface area contributed by atoms with E-state index < -0.39 is 0 Å². The van der Waals surface area contributed by atoms with E-state index in [1.165, 1.54) is 0 Å². The van der Waals surface area contributed by atoms with Crippen molar-refractivity contribution in [2.75, 3.05) is 39.5 Å². The molecular formula is C8H15N3O. The van der Waals surface area contributed by atoms with E-state index in [4.69, 9.17) is 10.4 Å². The Morgan fingerprint density at radius 1 is 1.25 bits per heavy atom. The maximum absolute atomic E-state index is 8.68. The monoisotopic (exact) mass is 169 g/mol. The van der Waals surface area contributed by atoms with E-state index in [1.807, 2.05) is 0 Å². The summed E-state index contributed by atoms with van der Waals surface area (Å²) in [6, 6.07) is 2.13. The molecule has 1 aliphatic rings. The molecule has 0 aromatic rings. The highest BCUT2D eigenvalue weighted by Crippen LogP contribution is 2.03. The van der Waals surface area contributed by atoms with Crippen LogP contribution in [0.1, 0.15) is 6.42 Å². The maximum atomic E-state index is 8.68. The SMILES string of the molecule is N#CCCN1CCN(CCO)C1. The first-order valence-electron chi connectivity index (χ1n) is 4.29. The van der Waals surface area contributed by atoms with Crippen LogP contribution in [0.5, 0.6) is 0 Å². The van der Waals surface area contributed by atoms with E-state index in [-0.39, 0.29) is 6.61 Å². The summed E-state index contributed by atoms with van der Waals surface area (Å²) >= 11 is 0. The van der Waals surface area contributed by atoms with Crippen molar-refractivity contribution in [3.8, 4) is 6.07 Å². The first kappa shape index (κ1) is 9.46. The molecule has 0 atom stereocenters. The minimum Gasteiger partial charge on any atom is -0.395 e. The molecule has 1 fully saturated rings. The van der Waals surface area contributed by atoms with Gasteiger partial charge in [0.2, 0.25) is 0 Å². The Hall–Kier alpha value is -0.630. The third-order valence-electron chi connectivity index (χ3n) is 2.09. The quantitative estimate of drug-likeness (QED) is 0.614. The molecule has 0 aromatic carbocycles. The minimum absolute atomic E-state index is 0.228. The summed E-state index contributed by atoms with van der Waals surface area (Å²) in [4.78, 5) is 4.43. The molecule has 0 bridgehead atoms. The Balaban J connectivity index is 2.13. The zero-order chi connectivity index (χ0) is 8.81. The van der Waals surface area contributed by atoms with Gasteiger partial charge >= 0.3 is 0 Å². The summed E-state index contributed by atoms with van der Waals surface area (Å²) in [6.07, 6.45) is 0.604. The van der Waals surface area contributed by atoms with Gasteiger partial charge in [0.05, 0.1) is 19.3 Å². The van der Waals surface area contributed by atoms with Crippen LogP contribution in [0.3, 0.4) is 0 Å². The predicted molar refractivity (Wildman–Crippen MR) is 45.3 cm³/mol. The topological polar surface area (TPSA) is 50.5 Å². The molecule has 0 spiro atoms. The molecule has 0 aromatic heterocycles. The summed E-state index contributed by atoms with van der Waals surface area (Å²) < 4.78 is 0. The van der Waals surface area contributed by atoms with Crippen LogP contribution in [-0.2, 0) is 0 Å². The van der Waals surface area contributed by atoms with Crippen molar-refractivity contribution in [3.63, 3.8) is 0 Å². The van der Waals surface area contributed by atoms with Crippen LogP contribution < -0.4 is 0 Å². The van der Waals surface area contributed by atoms with Crippen molar-refractivity contribution in [1.82, 2.24) is 9.80 Å². The summed E-state index contributed by atoms with van der Waals surface area (Å²) in [5.74, 6) is 0. The number of hydrogen-bond donors (Lipinski definition) is 1. The van der Waals surface area contributed by atoms with Gasteiger partial charge in [-0.15, -0.1) is 0 Å². The number of hydrogen-bond acceptors (Lipinski definition) is 4. The van der Waals surface area contributed by atoms with Crippen molar-refractivity contribution in [2.45, 2.75) is 6.42 Å². The van der Waals surface area contributed by atoms with E-state index in [0.29, 0.717) is 6.42 Å². The Labute approximate surface area is 73.0 Å². The van der Waals surface area contributed by atoms with Gasteiger partial charge in [0.1, 0.15) is 0 Å². The molecule has 1 heterocycles. The van der Waals surface area contributed by atoms with E-state index in [1.54, 1.807) is 0 Å². The number of aliphatic hydroxyl groups excluding tert-OH is 1. The lowest BCUT2D eigenvalue weighted by Gasteiger charge is -2.15. The molecular weight excluding hydrogens is 154 g/mol. The largest absolute Gasteiger partial charge is 0.395 e. The Kier molecular flexibility index (Phi) is 4.01. The third-order valence-corrected chi connectivity index (χ3v) is 2.09. The lowest BCUT2D eigenvalue weighted by molar-refractivity contribution is 0.194. The van der Waals surface area contributed by atoms with Crippen LogP contribution in [-0.4, -0.2) is 54.4 Å². The van der Waals surface area contributed by atoms with Gasteiger partial charge in [-0.3, -0.25) is 9.80 Å². The van der Waals surface area contributed by atoms with Gasteiger partial charge in [-0.2, -0.15) is 5.26 Å². The second-order valence-corrected chi connectivity index (χ2v) is 3.01. The van der Waals surface area contributed by atoms with Crippen molar-refractivity contribution in [3.05, 3.63) is 0 Å². The summed E-state index contributed by atoms with van der Waals surface area (Å²) in [6.45, 7) is 4.80. The highest BCUT2D eigenvalue weighted by molar-refractivity contribution is 4.76. The first-order valence-corrected chi connectivity index (χ1v) is 4.29. The smallest absolute Gasteiger partial charge is 0.0635 e. The number of rotatable bonds is 4. The standard InChI is InChI=1S/C8H15N3O/c9-2-1-3-10-4-5-11(8-10)6-7-12/h12H,1,3-8H2. The fourth-order valence-electron chi connectivity index (χ4n) is 1.42. The fraction of sp³-hybridized carbons (Fsp3) is 0.875. The number of nitriles is 1. The molecule has 1 saturated heterocycles. The van der Waals surface area contributed by atoms with Crippen LogP contribution in [0, 0.1) is 11.3 Å². The van der Waals surface area contributed by atoms with Gasteiger partial charge in [0.15, 0.2) is 0 Å². The maximum Gasteiger partial charge on any atom is 0.0635 e. The van der Waals surface area contributed by atoms with Crippen LogP contribution in [0.15, 0.2) is 0 Å². The van der Waals surface area contributed by atoms with Crippen LogP contribution in [0.2, 0.25) is 0 Å². The average Bonchev–Trinajstić information content (AvgIpc) is 2.50. The van der Waals surface area contributed by atoms with Gasteiger partial charge < -0.3 is 5.11 Å². The lowest BCUT2D eigenvalue weighted by Crippen LogP contribution is -2.28. The van der Waals surface area contributed by atoms with Crippen LogP contribution in [0.4, 0.5) is 0 Å². The van der Waals surface area contributed by atoms with Gasteiger partial charge in [0.25, 0.3) is 0 Å². The molecule has 0 amide bonds. The molecule has 1 aliphatic heterocycles. The molecule has 12 heavy (non-hydrogen) atoms. The van der Waals surface area contributed by atoms with Crippen molar-refractivity contribution >= 4 is 0 Å². The van der Waals surface area contributed by atoms with E-state index in [0.717, 1.165) is 32.8 Å². The first-order chi connectivity index (χ1) is 5.86. The third kappa shape index (κ3) is 2.78. The number of β-amino-alcohol motifs (C(OH)–C–C–N with tert-alkyl or cyclic N) is 1. The highest BCUT2D eigenvalue weighted by Gasteiger charge is 2.17. The van der Waals surface area contributed by atoms with E-state index in [9.17, 15) is 0 Å². The van der Waals surface area contributed by atoms with Gasteiger partial charge in [-0.05, 0) is 0 Å². The average molecular weight is 169 g/mol. The summed E-state index contributed by atoms with van der Waals surface area (Å²) in [5.41, 5.74) is 0. The molecule has 0 radical (unpaired) electrons. The molecule has 0 saturated carbocycles. The zero-order valence-corrected chi connectivity index (χ0v) is 7.24. The van der Waals surface area contributed by atoms with Crippen molar-refractivity contribution in [2.24, 2.45) is 0 Å². The Bertz CT molecular complexity index is 166. The van der Waals surface area contributed by atoms with Gasteiger partial charge in [0, 0.05) is 32.6 Å². The minimum atomic E-state index is 0.228. The molecule has 1 rings (SSSR count). The molecule has 1 N–H and O–H groups in total. The fourth-order valence-corrected chi connectivity index (χ4v) is 1.42. The highest BCUT2D eigenvalue weighted by atomic mass is 16.3. The normalized spacial score (nSPS) is 19.7. The molecule has 4 heteroatoms. The van der Waals surface area contributed by atoms with E-state index >= 15 is 0 Å². The van der Waals surface area contributed by atoms with Crippen LogP contribution >= 0.6 is 0 Å². The molecule has 4 nitrogen and oxygen atoms in total. The summed E-state index contributed by atoms with van der Waals surface area (Å²) in [5, 5.41) is 17.0. The zero-order valence-electron chi connectivity index (χ0n) is 7.24. The van der Waals surface area contributed by atoms with Gasteiger partial charge in [-0.25, -0.2) is 0 Å². The Morgan fingerprint density at radius 2 is 1.92 bits per heavy atom. The van der Waals surface area contributed by atoms with E-state index in [2.05, 4.69) is 15.9 Å². The van der Waals surface area contributed by atoms with Crippen LogP contribution in [0.25, 0.3) is 0 Å². The second-order valence-electron chi connectivity index (χ2n) is 3.01. The van der Waals surface area contributed by atoms with Crippen molar-refractivity contribution < 1.29 is 5.11 Å². The summed E-state index contributed by atoms with van der Waals surface area (Å²) in [7, 11) is 0. The Morgan fingerprint density at radius 3 is 2.50 bits per heavy atom. The molecule has 68 valence electrons. The predicted octanol–water partition coefficient (Wildman–Crippen LogP) is -0.533. The van der Waals surface area contributed by atoms with Gasteiger partial charge in [-0.1, -0.05) is 0 Å². The number of aliphatic hydroxyl groups is 1. The molecule has 0 aliphatic carbocycles. The second kappa shape index (κ2) is 5.09. The number of nitrogens with zero attached hydrogens (tertiary/aromatic N) is 3. The molecule has 0 unspecified atom stereocenters.